The minimum absolute atomic E-state index is 0.0177. The smallest absolute Gasteiger partial charge is 0.333 e. The summed E-state index contributed by atoms with van der Waals surface area (Å²) in [7, 11) is 0. The Balaban J connectivity index is 1.72. The van der Waals surface area contributed by atoms with E-state index in [2.05, 4.69) is 11.9 Å². The van der Waals surface area contributed by atoms with Gasteiger partial charge in [-0.05, 0) is 30.5 Å². The van der Waals surface area contributed by atoms with Gasteiger partial charge in [0.1, 0.15) is 19.0 Å². The van der Waals surface area contributed by atoms with E-state index in [1.54, 1.807) is 24.4 Å². The van der Waals surface area contributed by atoms with Gasteiger partial charge in [-0.2, -0.15) is 0 Å². The molecule has 0 radical (unpaired) electrons. The largest absolute Gasteiger partial charge is 0.465 e. The topological polar surface area (TPSA) is 90.7 Å². The molecular weight excluding hydrogens is 388 g/mol. The van der Waals surface area contributed by atoms with Crippen LogP contribution in [0.5, 0.6) is 11.5 Å². The molecule has 1 aliphatic heterocycles. The van der Waals surface area contributed by atoms with Crippen molar-refractivity contribution in [2.75, 3.05) is 13.4 Å². The summed E-state index contributed by atoms with van der Waals surface area (Å²) in [5.41, 5.74) is 0.746. The number of H-pyrrole nitrogens is 1. The molecule has 8 heteroatoms. The number of esters is 2. The Morgan fingerprint density at radius 3 is 2.67 bits per heavy atom. The first-order valence-electron chi connectivity index (χ1n) is 10.4. The number of carbonyl (C=O) groups excluding carboxylic acids is 2. The van der Waals surface area contributed by atoms with Gasteiger partial charge in [-0.3, -0.25) is 9.59 Å². The van der Waals surface area contributed by atoms with E-state index in [9.17, 15) is 9.59 Å². The van der Waals surface area contributed by atoms with E-state index in [-0.39, 0.29) is 20.0 Å². The van der Waals surface area contributed by atoms with Crippen LogP contribution in [-0.2, 0) is 32.2 Å². The molecule has 30 heavy (non-hydrogen) atoms. The molecule has 2 heterocycles. The Morgan fingerprint density at radius 1 is 1.10 bits per heavy atom. The van der Waals surface area contributed by atoms with Crippen molar-refractivity contribution in [1.82, 2.24) is 4.98 Å². The van der Waals surface area contributed by atoms with Gasteiger partial charge < -0.3 is 18.9 Å². The predicted molar refractivity (Wildman–Crippen MR) is 107 cm³/mol. The van der Waals surface area contributed by atoms with Crippen LogP contribution in [0.25, 0.3) is 0 Å². The summed E-state index contributed by atoms with van der Waals surface area (Å²) >= 11 is 0. The summed E-state index contributed by atoms with van der Waals surface area (Å²) in [5, 5.41) is 0. The van der Waals surface area contributed by atoms with Gasteiger partial charge in [-0.25, -0.2) is 9.55 Å². The second kappa shape index (κ2) is 10.7. The zero-order valence-electron chi connectivity index (χ0n) is 17.5. The van der Waals surface area contributed by atoms with Gasteiger partial charge in [0.2, 0.25) is 6.79 Å². The molecule has 0 amide bonds. The number of ether oxygens (including phenoxy) is 4. The van der Waals surface area contributed by atoms with E-state index in [0.29, 0.717) is 23.9 Å². The summed E-state index contributed by atoms with van der Waals surface area (Å²) in [5.74, 6) is -0.677. The number of rotatable bonds is 11. The molecule has 2 aromatic rings. The van der Waals surface area contributed by atoms with Crippen molar-refractivity contribution in [2.24, 2.45) is 0 Å². The minimum Gasteiger partial charge on any atom is -0.465 e. The molecule has 0 fully saturated rings. The molecule has 1 aliphatic rings. The summed E-state index contributed by atoms with van der Waals surface area (Å²) in [4.78, 5) is 28.7. The number of imidazole rings is 1. The Hall–Kier alpha value is -3.03. The normalized spacial score (nSPS) is 13.1. The third kappa shape index (κ3) is 5.31. The number of hydrogen-bond donors (Lipinski definition) is 1. The first kappa shape index (κ1) is 21.7. The Kier molecular flexibility index (Phi) is 7.70. The molecule has 0 aliphatic carbocycles. The van der Waals surface area contributed by atoms with E-state index in [4.69, 9.17) is 18.9 Å². The summed E-state index contributed by atoms with van der Waals surface area (Å²) in [6, 6.07) is 5.33. The third-order valence-corrected chi connectivity index (χ3v) is 4.85. The maximum absolute atomic E-state index is 12.9. The van der Waals surface area contributed by atoms with Crippen LogP contribution in [0.15, 0.2) is 30.6 Å². The number of fused-ring (bicyclic) bond motifs is 1. The van der Waals surface area contributed by atoms with Crippen molar-refractivity contribution >= 4 is 11.9 Å². The first-order chi connectivity index (χ1) is 14.6. The Labute approximate surface area is 176 Å². The number of carbonyl (C=O) groups is 2. The average Bonchev–Trinajstić information content (AvgIpc) is 3.40. The number of aromatic nitrogens is 2. The monoisotopic (exact) mass is 417 g/mol. The average molecular weight is 417 g/mol. The quantitative estimate of drug-likeness (QED) is 0.262. The van der Waals surface area contributed by atoms with Crippen LogP contribution in [-0.4, -0.2) is 30.3 Å². The number of nitrogens with one attached hydrogen (secondary N) is 1. The van der Waals surface area contributed by atoms with Gasteiger partial charge in [0.15, 0.2) is 11.5 Å². The van der Waals surface area contributed by atoms with Crippen LogP contribution < -0.4 is 14.0 Å². The van der Waals surface area contributed by atoms with E-state index in [1.807, 2.05) is 17.7 Å². The van der Waals surface area contributed by atoms with E-state index in [0.717, 1.165) is 31.2 Å². The van der Waals surface area contributed by atoms with Gasteiger partial charge in [0, 0.05) is 0 Å². The van der Waals surface area contributed by atoms with Crippen LogP contribution in [0.2, 0.25) is 0 Å². The van der Waals surface area contributed by atoms with Gasteiger partial charge in [0.05, 0.1) is 13.2 Å². The third-order valence-electron chi connectivity index (χ3n) is 4.85. The molecule has 1 unspecified atom stereocenters. The zero-order chi connectivity index (χ0) is 21.3. The van der Waals surface area contributed by atoms with E-state index >= 15 is 0 Å². The number of unbranched alkanes of at least 4 members (excludes halogenated alkanes) is 2. The van der Waals surface area contributed by atoms with Crippen molar-refractivity contribution < 1.29 is 33.1 Å². The van der Waals surface area contributed by atoms with E-state index in [1.165, 1.54) is 0 Å². The SMILES string of the molecule is CCCCOC(=O)C(C(=O)OCc1ccc2c(c1)OCO2)c1[nH]cc[n+]1CCCC. The number of nitrogens with zero attached hydrogens (tertiary/aromatic N) is 1. The van der Waals surface area contributed by atoms with Crippen LogP contribution in [0.3, 0.4) is 0 Å². The molecule has 1 aromatic heterocycles. The molecule has 0 saturated heterocycles. The first-order valence-corrected chi connectivity index (χ1v) is 10.4. The fourth-order valence-electron chi connectivity index (χ4n) is 3.14. The van der Waals surface area contributed by atoms with E-state index < -0.39 is 17.9 Å². The van der Waals surface area contributed by atoms with Crippen molar-refractivity contribution in [2.45, 2.75) is 58.6 Å². The van der Waals surface area contributed by atoms with Crippen LogP contribution in [0.4, 0.5) is 0 Å². The van der Waals surface area contributed by atoms with Gasteiger partial charge in [-0.1, -0.05) is 32.8 Å². The summed E-state index contributed by atoms with van der Waals surface area (Å²) in [6.07, 6.45) is 7.10. The maximum Gasteiger partial charge on any atom is 0.333 e. The molecule has 3 rings (SSSR count). The van der Waals surface area contributed by atoms with Gasteiger partial charge in [-0.15, -0.1) is 0 Å². The van der Waals surface area contributed by atoms with Gasteiger partial charge >= 0.3 is 11.9 Å². The molecule has 0 spiro atoms. The maximum atomic E-state index is 12.9. The molecular formula is C22H29N2O6+. The second-order valence-corrected chi connectivity index (χ2v) is 7.14. The van der Waals surface area contributed by atoms with Crippen molar-refractivity contribution in [3.63, 3.8) is 0 Å². The van der Waals surface area contributed by atoms with Crippen LogP contribution in [0.1, 0.15) is 56.8 Å². The second-order valence-electron chi connectivity index (χ2n) is 7.14. The molecule has 0 bridgehead atoms. The molecule has 1 aromatic carbocycles. The van der Waals surface area contributed by atoms with Crippen molar-refractivity contribution in [3.8, 4) is 11.5 Å². The standard InChI is InChI=1S/C22H28N2O6/c1-3-5-10-24-11-9-23-20(24)19(21(25)27-12-6-4-2)22(26)28-14-16-7-8-17-18(13-16)30-15-29-17/h7-9,11,13,19H,3-6,10,12,14-15H2,1-2H3/p+1. The lowest BCUT2D eigenvalue weighted by molar-refractivity contribution is -0.703. The molecule has 0 saturated carbocycles. The highest BCUT2D eigenvalue weighted by molar-refractivity contribution is 5.99. The van der Waals surface area contributed by atoms with Crippen molar-refractivity contribution in [1.29, 1.82) is 0 Å². The number of benzene rings is 1. The lowest BCUT2D eigenvalue weighted by Gasteiger charge is -2.13. The fraction of sp³-hybridized carbons (Fsp3) is 0.500. The molecule has 162 valence electrons. The van der Waals surface area contributed by atoms with Crippen LogP contribution in [0, 0.1) is 0 Å². The lowest BCUT2D eigenvalue weighted by atomic mass is 10.1. The Bertz CT molecular complexity index is 863. The fourth-order valence-corrected chi connectivity index (χ4v) is 3.14. The number of aryl methyl sites for hydroxylation is 1. The predicted octanol–water partition coefficient (Wildman–Crippen LogP) is 3.00. The summed E-state index contributed by atoms with van der Waals surface area (Å²) < 4.78 is 23.4. The molecule has 1 N–H and O–H groups in total. The number of aromatic amines is 1. The zero-order valence-corrected chi connectivity index (χ0v) is 17.5. The lowest BCUT2D eigenvalue weighted by Crippen LogP contribution is -2.42. The van der Waals surface area contributed by atoms with Crippen molar-refractivity contribution in [3.05, 3.63) is 42.0 Å². The summed E-state index contributed by atoms with van der Waals surface area (Å²) in [6.45, 7) is 5.26. The van der Waals surface area contributed by atoms with Crippen LogP contribution >= 0.6 is 0 Å². The molecule has 8 nitrogen and oxygen atoms in total. The highest BCUT2D eigenvalue weighted by Gasteiger charge is 2.40. The minimum atomic E-state index is -1.16. The molecule has 1 atom stereocenters. The highest BCUT2D eigenvalue weighted by atomic mass is 16.7. The highest BCUT2D eigenvalue weighted by Crippen LogP contribution is 2.32. The Morgan fingerprint density at radius 2 is 1.87 bits per heavy atom. The number of hydrogen-bond acceptors (Lipinski definition) is 6. The van der Waals surface area contributed by atoms with Gasteiger partial charge in [0.25, 0.3) is 11.7 Å².